The molecule has 0 atom stereocenters. The third-order valence-corrected chi connectivity index (χ3v) is 1.28. The van der Waals surface area contributed by atoms with Crippen molar-refractivity contribution in [1.29, 1.82) is 0 Å². The van der Waals surface area contributed by atoms with Gasteiger partial charge in [-0.2, -0.15) is 0 Å². The van der Waals surface area contributed by atoms with Crippen LogP contribution >= 0.6 is 0 Å². The first-order chi connectivity index (χ1) is 4.93. The summed E-state index contributed by atoms with van der Waals surface area (Å²) in [6, 6.07) is 10.2. The number of hydrogen-bond acceptors (Lipinski definition) is 0. The smallest absolute Gasteiger partial charge is 0.0260 e. The first-order valence-electron chi connectivity index (χ1n) is 3.44. The van der Waals surface area contributed by atoms with Gasteiger partial charge in [-0.05, 0) is 18.9 Å². The van der Waals surface area contributed by atoms with E-state index in [1.54, 1.807) is 0 Å². The Hall–Kier alpha value is -1.04. The molecule has 0 nitrogen and oxygen atoms in total. The van der Waals surface area contributed by atoms with Crippen LogP contribution < -0.4 is 0 Å². The normalized spacial score (nSPS) is 10.5. The predicted octanol–water partition coefficient (Wildman–Crippen LogP) is 2.92. The van der Waals surface area contributed by atoms with Gasteiger partial charge in [0.15, 0.2) is 0 Å². The molecule has 0 fully saturated rings. The molecule has 1 radical (unpaired) electrons. The van der Waals surface area contributed by atoms with E-state index in [1.807, 2.05) is 18.2 Å². The molecule has 1 aromatic rings. The van der Waals surface area contributed by atoms with E-state index in [-0.39, 0.29) is 0 Å². The number of rotatable bonds is 2. The molecule has 0 heterocycles. The Morgan fingerprint density at radius 1 is 1.20 bits per heavy atom. The second-order valence-corrected chi connectivity index (χ2v) is 2.10. The van der Waals surface area contributed by atoms with Crippen LogP contribution in [0.5, 0.6) is 0 Å². The van der Waals surface area contributed by atoms with Crippen molar-refractivity contribution in [2.24, 2.45) is 0 Å². The lowest BCUT2D eigenvalue weighted by Crippen LogP contribution is -1.66. The lowest BCUT2D eigenvalue weighted by molar-refractivity contribution is 1.42. The molecule has 0 aliphatic heterocycles. The minimum absolute atomic E-state index is 0.856. The maximum Gasteiger partial charge on any atom is -0.0260 e. The van der Waals surface area contributed by atoms with Gasteiger partial charge in [-0.25, -0.2) is 0 Å². The van der Waals surface area contributed by atoms with Crippen molar-refractivity contribution in [1.82, 2.24) is 0 Å². The van der Waals surface area contributed by atoms with Crippen LogP contribution in [-0.2, 0) is 0 Å². The van der Waals surface area contributed by atoms with Crippen LogP contribution in [0.2, 0.25) is 0 Å². The quantitative estimate of drug-likeness (QED) is 0.579. The molecule has 0 aliphatic rings. The molecular formula is C10H11. The highest BCUT2D eigenvalue weighted by atomic mass is 13.8. The maximum atomic E-state index is 3.71. The van der Waals surface area contributed by atoms with E-state index < -0.39 is 0 Å². The molecule has 0 aromatic heterocycles. The molecule has 1 aromatic carbocycles. The largest absolute Gasteiger partial charge is 0.0839 e. The van der Waals surface area contributed by atoms with Gasteiger partial charge in [-0.15, -0.1) is 0 Å². The van der Waals surface area contributed by atoms with Gasteiger partial charge in [-0.3, -0.25) is 0 Å². The van der Waals surface area contributed by atoms with Crippen molar-refractivity contribution in [2.45, 2.75) is 6.42 Å². The van der Waals surface area contributed by atoms with E-state index in [0.717, 1.165) is 6.42 Å². The van der Waals surface area contributed by atoms with E-state index in [4.69, 9.17) is 0 Å². The molecule has 0 heteroatoms. The monoisotopic (exact) mass is 131 g/mol. The summed E-state index contributed by atoms with van der Waals surface area (Å²) in [4.78, 5) is 0. The highest BCUT2D eigenvalue weighted by molar-refractivity contribution is 5.48. The highest BCUT2D eigenvalue weighted by Gasteiger charge is 1.79. The van der Waals surface area contributed by atoms with E-state index in [9.17, 15) is 0 Å². The standard InChI is InChI=1S/C10H11/c1-2-3-7-10-8-5-4-6-9-10/h3-9H,1-2H2/b7-3+. The van der Waals surface area contributed by atoms with E-state index in [0.29, 0.717) is 0 Å². The number of allylic oxidation sites excluding steroid dienone is 1. The molecule has 0 bridgehead atoms. The SMILES string of the molecule is [CH2]C/C=C/c1ccccc1. The zero-order valence-corrected chi connectivity index (χ0v) is 5.96. The Balaban J connectivity index is 2.67. The molecule has 0 saturated carbocycles. The molecule has 0 amide bonds. The summed E-state index contributed by atoms with van der Waals surface area (Å²) in [5.74, 6) is 0. The minimum atomic E-state index is 0.856. The van der Waals surface area contributed by atoms with Crippen LogP contribution in [0.4, 0.5) is 0 Å². The molecule has 1 rings (SSSR count). The Bertz CT molecular complexity index is 197. The van der Waals surface area contributed by atoms with Crippen LogP contribution in [0.3, 0.4) is 0 Å². The van der Waals surface area contributed by atoms with Gasteiger partial charge in [0.05, 0.1) is 0 Å². The molecule has 0 unspecified atom stereocenters. The van der Waals surface area contributed by atoms with Crippen LogP contribution in [-0.4, -0.2) is 0 Å². The fourth-order valence-corrected chi connectivity index (χ4v) is 0.784. The van der Waals surface area contributed by atoms with Gasteiger partial charge in [0.1, 0.15) is 0 Å². The lowest BCUT2D eigenvalue weighted by atomic mass is 10.2. The van der Waals surface area contributed by atoms with Crippen LogP contribution in [0.15, 0.2) is 36.4 Å². The summed E-state index contributed by atoms with van der Waals surface area (Å²) < 4.78 is 0. The molecule has 0 saturated heterocycles. The van der Waals surface area contributed by atoms with Crippen molar-refractivity contribution in [3.05, 3.63) is 48.9 Å². The first-order valence-corrected chi connectivity index (χ1v) is 3.44. The van der Waals surface area contributed by atoms with Gasteiger partial charge < -0.3 is 0 Å². The third kappa shape index (κ3) is 2.06. The van der Waals surface area contributed by atoms with Crippen molar-refractivity contribution < 1.29 is 0 Å². The summed E-state index contributed by atoms with van der Waals surface area (Å²) in [6.07, 6.45) is 4.98. The van der Waals surface area contributed by atoms with Gasteiger partial charge in [0, 0.05) is 0 Å². The molecule has 10 heavy (non-hydrogen) atoms. The van der Waals surface area contributed by atoms with Gasteiger partial charge in [0.25, 0.3) is 0 Å². The number of benzene rings is 1. The maximum absolute atomic E-state index is 3.71. The van der Waals surface area contributed by atoms with Crippen LogP contribution in [0.25, 0.3) is 6.08 Å². The summed E-state index contributed by atoms with van der Waals surface area (Å²) >= 11 is 0. The van der Waals surface area contributed by atoms with Crippen molar-refractivity contribution in [2.75, 3.05) is 0 Å². The molecule has 0 spiro atoms. The summed E-state index contributed by atoms with van der Waals surface area (Å²) in [6.45, 7) is 3.71. The average molecular weight is 131 g/mol. The summed E-state index contributed by atoms with van der Waals surface area (Å²) in [7, 11) is 0. The zero-order valence-electron chi connectivity index (χ0n) is 5.96. The van der Waals surface area contributed by atoms with Crippen molar-refractivity contribution >= 4 is 6.08 Å². The molecule has 0 N–H and O–H groups in total. The van der Waals surface area contributed by atoms with Crippen molar-refractivity contribution in [3.8, 4) is 0 Å². The second kappa shape index (κ2) is 3.89. The Labute approximate surface area is 62.2 Å². The summed E-state index contributed by atoms with van der Waals surface area (Å²) in [5, 5.41) is 0. The molecule has 0 aliphatic carbocycles. The average Bonchev–Trinajstić information content (AvgIpc) is 2.03. The van der Waals surface area contributed by atoms with E-state index in [1.165, 1.54) is 5.56 Å². The highest BCUT2D eigenvalue weighted by Crippen LogP contribution is 2.00. The third-order valence-electron chi connectivity index (χ3n) is 1.28. The van der Waals surface area contributed by atoms with E-state index in [2.05, 4.69) is 31.2 Å². The Kier molecular flexibility index (Phi) is 2.75. The molecular weight excluding hydrogens is 120 g/mol. The van der Waals surface area contributed by atoms with Crippen LogP contribution in [0, 0.1) is 6.92 Å². The van der Waals surface area contributed by atoms with E-state index >= 15 is 0 Å². The lowest BCUT2D eigenvalue weighted by Gasteiger charge is -1.88. The fraction of sp³-hybridized carbons (Fsp3) is 0.100. The second-order valence-electron chi connectivity index (χ2n) is 2.10. The Morgan fingerprint density at radius 2 is 1.90 bits per heavy atom. The van der Waals surface area contributed by atoms with Gasteiger partial charge in [-0.1, -0.05) is 42.5 Å². The predicted molar refractivity (Wildman–Crippen MR) is 45.5 cm³/mol. The van der Waals surface area contributed by atoms with Crippen molar-refractivity contribution in [3.63, 3.8) is 0 Å². The first kappa shape index (κ1) is 7.07. The zero-order chi connectivity index (χ0) is 7.23. The summed E-state index contributed by atoms with van der Waals surface area (Å²) in [5.41, 5.74) is 1.24. The fourth-order valence-electron chi connectivity index (χ4n) is 0.784. The van der Waals surface area contributed by atoms with Crippen LogP contribution in [0.1, 0.15) is 12.0 Å². The van der Waals surface area contributed by atoms with Gasteiger partial charge in [0.2, 0.25) is 0 Å². The number of hydrogen-bond donors (Lipinski definition) is 0. The minimum Gasteiger partial charge on any atom is -0.0839 e. The topological polar surface area (TPSA) is 0 Å². The molecule has 51 valence electrons. The Morgan fingerprint density at radius 3 is 2.50 bits per heavy atom. The van der Waals surface area contributed by atoms with Gasteiger partial charge >= 0.3 is 0 Å².